The van der Waals surface area contributed by atoms with E-state index in [1.165, 1.54) is 0 Å². The second kappa shape index (κ2) is 3.07. The number of aliphatic hydroxyl groups excluding tert-OH is 1. The lowest BCUT2D eigenvalue weighted by Crippen LogP contribution is -2.44. The van der Waals surface area contributed by atoms with Crippen molar-refractivity contribution in [2.24, 2.45) is 0 Å². The molecule has 0 radical (unpaired) electrons. The number of hydrogen-bond donors (Lipinski definition) is 1. The molecule has 2 heterocycles. The van der Waals surface area contributed by atoms with Gasteiger partial charge in [0.05, 0.1) is 6.04 Å². The number of hydrogen-bond acceptors (Lipinski definition) is 2. The molecule has 0 aromatic heterocycles. The molecule has 1 fully saturated rings. The fraction of sp³-hybridized carbons (Fsp3) is 0.417. The van der Waals surface area contributed by atoms with Gasteiger partial charge in [0.1, 0.15) is 6.10 Å². The summed E-state index contributed by atoms with van der Waals surface area (Å²) in [6, 6.07) is 7.38. The van der Waals surface area contributed by atoms with E-state index in [-0.39, 0.29) is 11.9 Å². The van der Waals surface area contributed by atoms with Crippen molar-refractivity contribution >= 4 is 5.91 Å². The Kier molecular flexibility index (Phi) is 1.83. The van der Waals surface area contributed by atoms with E-state index in [0.29, 0.717) is 5.56 Å². The maximum Gasteiger partial charge on any atom is 0.254 e. The lowest BCUT2D eigenvalue weighted by molar-refractivity contribution is 0.0399. The van der Waals surface area contributed by atoms with Crippen molar-refractivity contribution in [1.29, 1.82) is 0 Å². The third kappa shape index (κ3) is 1.13. The first kappa shape index (κ1) is 8.92. The molecule has 78 valence electrons. The van der Waals surface area contributed by atoms with Crippen LogP contribution < -0.4 is 0 Å². The van der Waals surface area contributed by atoms with E-state index in [9.17, 15) is 9.90 Å². The maximum absolute atomic E-state index is 12.1. The minimum Gasteiger partial charge on any atom is -0.386 e. The summed E-state index contributed by atoms with van der Waals surface area (Å²) in [4.78, 5) is 13.9. The summed E-state index contributed by atoms with van der Waals surface area (Å²) in [6.45, 7) is 0.787. The second-order valence-corrected chi connectivity index (χ2v) is 4.24. The largest absolute Gasteiger partial charge is 0.386 e. The Morgan fingerprint density at radius 2 is 2.13 bits per heavy atom. The zero-order valence-corrected chi connectivity index (χ0v) is 8.39. The topological polar surface area (TPSA) is 40.5 Å². The summed E-state index contributed by atoms with van der Waals surface area (Å²) in [7, 11) is 0. The number of carbonyl (C=O) groups is 1. The Balaban J connectivity index is 2.14. The molecule has 0 aliphatic carbocycles. The first-order chi connectivity index (χ1) is 7.29. The zero-order valence-electron chi connectivity index (χ0n) is 8.39. The van der Waals surface area contributed by atoms with Crippen LogP contribution in [-0.2, 0) is 0 Å². The van der Waals surface area contributed by atoms with Gasteiger partial charge in [0.15, 0.2) is 0 Å². The highest BCUT2D eigenvalue weighted by Gasteiger charge is 2.40. The predicted octanol–water partition coefficient (Wildman–Crippen LogP) is 1.34. The van der Waals surface area contributed by atoms with Crippen LogP contribution in [0.15, 0.2) is 24.3 Å². The van der Waals surface area contributed by atoms with Crippen LogP contribution in [0.5, 0.6) is 0 Å². The molecule has 0 unspecified atom stereocenters. The molecule has 1 aromatic carbocycles. The van der Waals surface area contributed by atoms with E-state index < -0.39 is 6.10 Å². The average molecular weight is 203 g/mol. The molecule has 3 heteroatoms. The number of nitrogens with zero attached hydrogens (tertiary/aromatic N) is 1. The molecule has 3 rings (SSSR count). The number of carbonyl (C=O) groups excluding carboxylic acids is 1. The van der Waals surface area contributed by atoms with Crippen molar-refractivity contribution in [2.75, 3.05) is 6.54 Å². The van der Waals surface area contributed by atoms with Gasteiger partial charge in [-0.15, -0.1) is 0 Å². The molecule has 2 aliphatic rings. The van der Waals surface area contributed by atoms with E-state index in [2.05, 4.69) is 0 Å². The molecule has 1 aromatic rings. The molecule has 0 bridgehead atoms. The standard InChI is InChI=1S/C12H13NO2/c14-11-8-4-1-2-5-9(8)12(15)13-7-3-6-10(11)13/h1-2,4-5,10-11,14H,3,6-7H2/t10-,11+/m1/s1. The highest BCUT2D eigenvalue weighted by atomic mass is 16.3. The number of amides is 1. The third-order valence-electron chi connectivity index (χ3n) is 3.43. The highest BCUT2D eigenvalue weighted by Crippen LogP contribution is 2.36. The Hall–Kier alpha value is -1.35. The summed E-state index contributed by atoms with van der Waals surface area (Å²) in [5.74, 6) is 0.0819. The van der Waals surface area contributed by atoms with Gasteiger partial charge in [-0.3, -0.25) is 4.79 Å². The Morgan fingerprint density at radius 1 is 1.33 bits per heavy atom. The Bertz CT molecular complexity index is 416. The van der Waals surface area contributed by atoms with Gasteiger partial charge in [0.2, 0.25) is 0 Å². The monoisotopic (exact) mass is 203 g/mol. The summed E-state index contributed by atoms with van der Waals surface area (Å²) in [6.07, 6.45) is 1.42. The zero-order chi connectivity index (χ0) is 10.4. The molecule has 2 atom stereocenters. The number of fused-ring (bicyclic) bond motifs is 2. The molecule has 3 nitrogen and oxygen atoms in total. The van der Waals surface area contributed by atoms with Gasteiger partial charge in [-0.2, -0.15) is 0 Å². The molecule has 0 spiro atoms. The SMILES string of the molecule is O=C1c2ccccc2[C@H](O)[C@H]2CCCN12. The van der Waals surface area contributed by atoms with Crippen molar-refractivity contribution in [3.63, 3.8) is 0 Å². The van der Waals surface area contributed by atoms with Crippen molar-refractivity contribution in [3.05, 3.63) is 35.4 Å². The Morgan fingerprint density at radius 3 is 3.00 bits per heavy atom. The number of benzene rings is 1. The normalized spacial score (nSPS) is 28.9. The molecule has 1 N–H and O–H groups in total. The minimum atomic E-state index is -0.499. The van der Waals surface area contributed by atoms with Gasteiger partial charge < -0.3 is 10.0 Å². The van der Waals surface area contributed by atoms with E-state index in [1.54, 1.807) is 6.07 Å². The van der Waals surface area contributed by atoms with Crippen LogP contribution in [-0.4, -0.2) is 28.5 Å². The van der Waals surface area contributed by atoms with Gasteiger partial charge in [0, 0.05) is 12.1 Å². The summed E-state index contributed by atoms with van der Waals surface area (Å²) in [5, 5.41) is 10.2. The summed E-state index contributed by atoms with van der Waals surface area (Å²) < 4.78 is 0. The number of rotatable bonds is 0. The van der Waals surface area contributed by atoms with Crippen LogP contribution >= 0.6 is 0 Å². The molecular formula is C12H13NO2. The first-order valence-electron chi connectivity index (χ1n) is 5.37. The lowest BCUT2D eigenvalue weighted by Gasteiger charge is -2.35. The quantitative estimate of drug-likeness (QED) is 0.691. The molecule has 15 heavy (non-hydrogen) atoms. The van der Waals surface area contributed by atoms with Gasteiger partial charge >= 0.3 is 0 Å². The Labute approximate surface area is 88.3 Å². The van der Waals surface area contributed by atoms with E-state index in [4.69, 9.17) is 0 Å². The van der Waals surface area contributed by atoms with Crippen LogP contribution in [0.3, 0.4) is 0 Å². The maximum atomic E-state index is 12.1. The van der Waals surface area contributed by atoms with Crippen molar-refractivity contribution < 1.29 is 9.90 Å². The van der Waals surface area contributed by atoms with Crippen molar-refractivity contribution in [2.45, 2.75) is 25.0 Å². The van der Waals surface area contributed by atoms with Crippen LogP contribution in [0.4, 0.5) is 0 Å². The van der Waals surface area contributed by atoms with E-state index in [0.717, 1.165) is 24.9 Å². The second-order valence-electron chi connectivity index (χ2n) is 4.24. The van der Waals surface area contributed by atoms with E-state index in [1.807, 2.05) is 23.1 Å². The lowest BCUT2D eigenvalue weighted by atomic mass is 9.91. The van der Waals surface area contributed by atoms with Crippen LogP contribution in [0.1, 0.15) is 34.9 Å². The van der Waals surface area contributed by atoms with Gasteiger partial charge in [-0.1, -0.05) is 18.2 Å². The summed E-state index contributed by atoms with van der Waals surface area (Å²) in [5.41, 5.74) is 1.47. The summed E-state index contributed by atoms with van der Waals surface area (Å²) >= 11 is 0. The smallest absolute Gasteiger partial charge is 0.254 e. The molecule has 0 saturated carbocycles. The van der Waals surface area contributed by atoms with Crippen LogP contribution in [0.25, 0.3) is 0 Å². The molecule has 2 aliphatic heterocycles. The minimum absolute atomic E-state index is 0.00685. The molecular weight excluding hydrogens is 190 g/mol. The van der Waals surface area contributed by atoms with Crippen molar-refractivity contribution in [3.8, 4) is 0 Å². The third-order valence-corrected chi connectivity index (χ3v) is 3.43. The molecule has 1 amide bonds. The molecule has 1 saturated heterocycles. The first-order valence-corrected chi connectivity index (χ1v) is 5.37. The van der Waals surface area contributed by atoms with Crippen molar-refractivity contribution in [1.82, 2.24) is 4.90 Å². The van der Waals surface area contributed by atoms with Gasteiger partial charge in [-0.05, 0) is 24.5 Å². The highest BCUT2D eigenvalue weighted by molar-refractivity contribution is 5.97. The number of aliphatic hydroxyl groups is 1. The van der Waals surface area contributed by atoms with E-state index >= 15 is 0 Å². The van der Waals surface area contributed by atoms with Crippen LogP contribution in [0.2, 0.25) is 0 Å². The fourth-order valence-corrected chi connectivity index (χ4v) is 2.68. The van der Waals surface area contributed by atoms with Gasteiger partial charge in [0.25, 0.3) is 5.91 Å². The predicted molar refractivity (Wildman–Crippen MR) is 55.5 cm³/mol. The van der Waals surface area contributed by atoms with Crippen LogP contribution in [0, 0.1) is 0 Å². The fourth-order valence-electron chi connectivity index (χ4n) is 2.68. The van der Waals surface area contributed by atoms with Gasteiger partial charge in [-0.25, -0.2) is 0 Å². The average Bonchev–Trinajstić information content (AvgIpc) is 2.75.